The zero-order chi connectivity index (χ0) is 20.5. The molecule has 29 heavy (non-hydrogen) atoms. The number of hydrogen-bond donors (Lipinski definition) is 2. The van der Waals surface area contributed by atoms with Gasteiger partial charge in [0.2, 0.25) is 0 Å². The molecule has 0 fully saturated rings. The van der Waals surface area contributed by atoms with E-state index in [1.165, 1.54) is 11.3 Å². The van der Waals surface area contributed by atoms with Gasteiger partial charge in [0.25, 0.3) is 5.91 Å². The van der Waals surface area contributed by atoms with E-state index in [4.69, 9.17) is 17.0 Å². The maximum atomic E-state index is 13.1. The van der Waals surface area contributed by atoms with E-state index in [0.717, 1.165) is 33.0 Å². The van der Waals surface area contributed by atoms with Crippen molar-refractivity contribution in [1.29, 1.82) is 5.41 Å². The number of halogens is 1. The summed E-state index contributed by atoms with van der Waals surface area (Å²) in [5, 5.41) is 18.1. The number of benzene rings is 1. The highest BCUT2D eigenvalue weighted by molar-refractivity contribution is 7.17. The van der Waals surface area contributed by atoms with E-state index in [0.29, 0.717) is 17.3 Å². The largest absolute Gasteiger partial charge is 0.393 e. The summed E-state index contributed by atoms with van der Waals surface area (Å²) >= 11 is 7.48. The molecule has 1 aliphatic rings. The highest BCUT2D eigenvalue weighted by Gasteiger charge is 2.28. The van der Waals surface area contributed by atoms with Crippen molar-refractivity contribution in [3.63, 3.8) is 0 Å². The number of fused-ring (bicyclic) bond motifs is 1. The van der Waals surface area contributed by atoms with Crippen molar-refractivity contribution in [2.45, 2.75) is 25.9 Å². The summed E-state index contributed by atoms with van der Waals surface area (Å²) in [5.41, 5.74) is 3.64. The Morgan fingerprint density at radius 1 is 1.31 bits per heavy atom. The van der Waals surface area contributed by atoms with Gasteiger partial charge in [-0.05, 0) is 54.8 Å². The summed E-state index contributed by atoms with van der Waals surface area (Å²) in [6.07, 6.45) is 2.08. The van der Waals surface area contributed by atoms with Gasteiger partial charge in [-0.15, -0.1) is 11.3 Å². The molecule has 0 bridgehead atoms. The molecule has 1 atom stereocenters. The maximum absolute atomic E-state index is 13.1. The fourth-order valence-corrected chi connectivity index (χ4v) is 4.67. The van der Waals surface area contributed by atoms with Gasteiger partial charge < -0.3 is 15.4 Å². The molecule has 2 aromatic heterocycles. The number of rotatable bonds is 5. The van der Waals surface area contributed by atoms with E-state index >= 15 is 0 Å². The number of aliphatic hydroxyl groups excluding tert-OH is 1. The number of carbonyl (C=O) groups excluding carboxylic acids is 1. The zero-order valence-corrected chi connectivity index (χ0v) is 17.4. The minimum atomic E-state index is -0.584. The Morgan fingerprint density at radius 2 is 2.07 bits per heavy atom. The molecule has 3 heterocycles. The minimum absolute atomic E-state index is 0.0231. The van der Waals surface area contributed by atoms with Crippen molar-refractivity contribution in [2.75, 3.05) is 11.4 Å². The number of aromatic nitrogens is 1. The highest BCUT2D eigenvalue weighted by Crippen LogP contribution is 2.36. The van der Waals surface area contributed by atoms with Gasteiger partial charge in [0.1, 0.15) is 0 Å². The third-order valence-electron chi connectivity index (χ3n) is 4.85. The van der Waals surface area contributed by atoms with Gasteiger partial charge in [-0.1, -0.05) is 23.7 Å². The number of anilines is 1. The van der Waals surface area contributed by atoms with Crippen molar-refractivity contribution < 1.29 is 9.90 Å². The molecule has 7 heteroatoms. The van der Waals surface area contributed by atoms with Gasteiger partial charge >= 0.3 is 0 Å². The van der Waals surface area contributed by atoms with Gasteiger partial charge in [0, 0.05) is 22.9 Å². The minimum Gasteiger partial charge on any atom is -0.393 e. The van der Waals surface area contributed by atoms with Gasteiger partial charge in [0.05, 0.1) is 34.3 Å². The van der Waals surface area contributed by atoms with E-state index in [1.54, 1.807) is 24.1 Å². The smallest absolute Gasteiger partial charge is 0.268 e. The van der Waals surface area contributed by atoms with E-state index < -0.39 is 6.10 Å². The fourth-order valence-electron chi connectivity index (χ4n) is 3.38. The average Bonchev–Trinajstić information content (AvgIpc) is 3.14. The van der Waals surface area contributed by atoms with Crippen LogP contribution in [0.3, 0.4) is 0 Å². The number of nitrogens with one attached hydrogen (secondary N) is 1. The summed E-state index contributed by atoms with van der Waals surface area (Å²) in [4.78, 5) is 21.0. The lowest BCUT2D eigenvalue weighted by Gasteiger charge is -2.26. The van der Waals surface area contributed by atoms with Crippen LogP contribution in [0.2, 0.25) is 5.02 Å². The number of hydrogen-bond acceptors (Lipinski definition) is 5. The number of carbonyl (C=O) groups is 1. The van der Waals surface area contributed by atoms with Crippen LogP contribution in [0.1, 0.15) is 34.3 Å². The van der Waals surface area contributed by atoms with E-state index in [2.05, 4.69) is 11.1 Å². The number of pyridine rings is 1. The van der Waals surface area contributed by atoms with E-state index in [-0.39, 0.29) is 18.0 Å². The molecule has 1 aromatic carbocycles. The lowest BCUT2D eigenvalue weighted by molar-refractivity contribution is 0.0985. The first-order chi connectivity index (χ1) is 13.9. The Bertz CT molecular complexity index is 1060. The van der Waals surface area contributed by atoms with Gasteiger partial charge in [-0.2, -0.15) is 0 Å². The summed E-state index contributed by atoms with van der Waals surface area (Å²) < 4.78 is 0. The Balaban J connectivity index is 1.56. The summed E-state index contributed by atoms with van der Waals surface area (Å²) in [5.74, 6) is -0.0231. The predicted molar refractivity (Wildman–Crippen MR) is 118 cm³/mol. The molecule has 5 nitrogen and oxygen atoms in total. The SMILES string of the molecule is C[C@H](O)CC(=N)c1ccc(N2CCc3cc(-c4ccc(Cl)cc4)sc3C2=O)cn1. The molecule has 0 saturated carbocycles. The van der Waals surface area contributed by atoms with Crippen LogP contribution in [0.25, 0.3) is 10.4 Å². The lowest BCUT2D eigenvalue weighted by atomic mass is 10.1. The molecule has 4 rings (SSSR count). The highest BCUT2D eigenvalue weighted by atomic mass is 35.5. The van der Waals surface area contributed by atoms with E-state index in [9.17, 15) is 9.90 Å². The summed E-state index contributed by atoms with van der Waals surface area (Å²) in [7, 11) is 0. The molecule has 3 aromatic rings. The molecule has 2 N–H and O–H groups in total. The fraction of sp³-hybridized carbons (Fsp3) is 0.227. The molecule has 0 unspecified atom stereocenters. The molecule has 1 aliphatic heterocycles. The third-order valence-corrected chi connectivity index (χ3v) is 6.32. The van der Waals surface area contributed by atoms with Crippen LogP contribution in [-0.4, -0.2) is 34.4 Å². The van der Waals surface area contributed by atoms with Crippen LogP contribution < -0.4 is 4.90 Å². The molecular weight excluding hydrogens is 406 g/mol. The zero-order valence-electron chi connectivity index (χ0n) is 15.9. The topological polar surface area (TPSA) is 77.3 Å². The van der Waals surface area contributed by atoms with Gasteiger partial charge in [-0.3, -0.25) is 9.78 Å². The number of aliphatic hydroxyl groups is 1. The van der Waals surface area contributed by atoms with Crippen molar-refractivity contribution in [2.24, 2.45) is 0 Å². The Labute approximate surface area is 178 Å². The van der Waals surface area contributed by atoms with E-state index in [1.807, 2.05) is 30.3 Å². The van der Waals surface area contributed by atoms with Crippen LogP contribution >= 0.6 is 22.9 Å². The van der Waals surface area contributed by atoms with Gasteiger partial charge in [-0.25, -0.2) is 0 Å². The molecule has 1 amide bonds. The first kappa shape index (κ1) is 19.8. The van der Waals surface area contributed by atoms with Crippen LogP contribution in [0, 0.1) is 5.41 Å². The summed E-state index contributed by atoms with van der Waals surface area (Å²) in [6, 6.07) is 13.3. The van der Waals surface area contributed by atoms with Crippen molar-refractivity contribution in [3.05, 3.63) is 69.8 Å². The first-order valence-corrected chi connectivity index (χ1v) is 10.5. The molecule has 0 spiro atoms. The second-order valence-electron chi connectivity index (χ2n) is 7.11. The second kappa shape index (κ2) is 8.06. The predicted octanol–water partition coefficient (Wildman–Crippen LogP) is 4.81. The first-order valence-electron chi connectivity index (χ1n) is 9.35. The van der Waals surface area contributed by atoms with Crippen LogP contribution in [0.15, 0.2) is 48.7 Å². The lowest BCUT2D eigenvalue weighted by Crippen LogP contribution is -2.36. The summed E-state index contributed by atoms with van der Waals surface area (Å²) in [6.45, 7) is 2.24. The van der Waals surface area contributed by atoms with Crippen LogP contribution in [-0.2, 0) is 6.42 Å². The van der Waals surface area contributed by atoms with Gasteiger partial charge in [0.15, 0.2) is 0 Å². The Morgan fingerprint density at radius 3 is 2.72 bits per heavy atom. The monoisotopic (exact) mass is 425 g/mol. The van der Waals surface area contributed by atoms with Crippen LogP contribution in [0.5, 0.6) is 0 Å². The second-order valence-corrected chi connectivity index (χ2v) is 8.60. The van der Waals surface area contributed by atoms with Crippen LogP contribution in [0.4, 0.5) is 5.69 Å². The standard InChI is InChI=1S/C22H20ClN3O2S/c1-13(27)10-18(24)19-7-6-17(12-25-19)26-9-8-15-11-20(29-21(15)22(26)28)14-2-4-16(23)5-3-14/h2-7,11-13,24,27H,8-10H2,1H3/t13-/m0/s1. The number of thiophene rings is 1. The molecule has 0 aliphatic carbocycles. The third kappa shape index (κ3) is 4.10. The average molecular weight is 426 g/mol. The van der Waals surface area contributed by atoms with Crippen molar-refractivity contribution in [3.8, 4) is 10.4 Å². The normalized spacial score (nSPS) is 14.6. The quantitative estimate of drug-likeness (QED) is 0.576. The number of nitrogens with zero attached hydrogens (tertiary/aromatic N) is 2. The molecular formula is C22H20ClN3O2S. The molecule has 0 radical (unpaired) electrons. The maximum Gasteiger partial charge on any atom is 0.268 e. The number of amides is 1. The van der Waals surface area contributed by atoms with Crippen molar-refractivity contribution >= 4 is 40.2 Å². The molecule has 148 valence electrons. The Hall–Kier alpha value is -2.54. The van der Waals surface area contributed by atoms with Crippen molar-refractivity contribution in [1.82, 2.24) is 4.98 Å². The Kier molecular flexibility index (Phi) is 5.50. The molecule has 0 saturated heterocycles.